The molecule has 1 N–H and O–H groups in total. The van der Waals surface area contributed by atoms with Crippen molar-refractivity contribution in [3.05, 3.63) is 59.7 Å². The highest BCUT2D eigenvalue weighted by Crippen LogP contribution is 2.39. The molecule has 2 unspecified atom stereocenters. The lowest BCUT2D eigenvalue weighted by Gasteiger charge is -2.32. The number of hydrogen-bond acceptors (Lipinski definition) is 3. The molecule has 2 atom stereocenters. The van der Waals surface area contributed by atoms with Gasteiger partial charge in [0.25, 0.3) is 0 Å². The van der Waals surface area contributed by atoms with Gasteiger partial charge in [-0.25, -0.2) is 0 Å². The van der Waals surface area contributed by atoms with Gasteiger partial charge in [-0.2, -0.15) is 0 Å². The minimum Gasteiger partial charge on any atom is -0.497 e. The van der Waals surface area contributed by atoms with Crippen LogP contribution in [0.2, 0.25) is 0 Å². The number of carbonyl (C=O) groups excluding carboxylic acids is 1. The number of hydrogen-bond donors (Lipinski definition) is 1. The Kier molecular flexibility index (Phi) is 5.39. The molecule has 4 nitrogen and oxygen atoms in total. The molecule has 0 saturated heterocycles. The molecule has 1 heterocycles. The molecule has 0 aromatic heterocycles. The smallest absolute Gasteiger partial charge is 0.227 e. The number of nitrogens with zero attached hydrogens (tertiary/aromatic N) is 1. The lowest BCUT2D eigenvalue weighted by molar-refractivity contribution is -0.119. The number of fused-ring (bicyclic) bond motifs is 1. The maximum Gasteiger partial charge on any atom is 0.227 e. The summed E-state index contributed by atoms with van der Waals surface area (Å²) in [5, 5.41) is 3.58. The minimum absolute atomic E-state index is 0.179. The van der Waals surface area contributed by atoms with Crippen LogP contribution in [0.1, 0.15) is 42.9 Å². The van der Waals surface area contributed by atoms with Crippen molar-refractivity contribution in [2.24, 2.45) is 0 Å². The first-order valence-electron chi connectivity index (χ1n) is 8.83. The van der Waals surface area contributed by atoms with Gasteiger partial charge in [-0.1, -0.05) is 30.3 Å². The molecule has 0 aliphatic carbocycles. The van der Waals surface area contributed by atoms with E-state index in [1.54, 1.807) is 12.0 Å². The van der Waals surface area contributed by atoms with Gasteiger partial charge in [0.1, 0.15) is 5.75 Å². The summed E-state index contributed by atoms with van der Waals surface area (Å²) in [6.45, 7) is 3.04. The van der Waals surface area contributed by atoms with Crippen molar-refractivity contribution < 1.29 is 9.53 Å². The average Bonchev–Trinajstić information content (AvgIpc) is 2.65. The van der Waals surface area contributed by atoms with E-state index >= 15 is 0 Å². The molecular weight excluding hydrogens is 312 g/mol. The van der Waals surface area contributed by atoms with E-state index in [1.165, 1.54) is 11.1 Å². The largest absolute Gasteiger partial charge is 0.497 e. The molecule has 4 heteroatoms. The number of anilines is 1. The zero-order chi connectivity index (χ0) is 17.8. The number of methoxy groups -OCH3 is 1. The summed E-state index contributed by atoms with van der Waals surface area (Å²) in [6.07, 6.45) is 1.48. The highest BCUT2D eigenvalue weighted by molar-refractivity contribution is 5.96. The fraction of sp³-hybridized carbons (Fsp3) is 0.381. The molecule has 25 heavy (non-hydrogen) atoms. The Morgan fingerprint density at radius 1 is 1.24 bits per heavy atom. The summed E-state index contributed by atoms with van der Waals surface area (Å²) in [5.74, 6) is 1.25. The molecule has 1 aliphatic heterocycles. The Bertz CT molecular complexity index is 730. The second-order valence-electron chi connectivity index (χ2n) is 6.65. The van der Waals surface area contributed by atoms with Gasteiger partial charge >= 0.3 is 0 Å². The molecule has 3 rings (SSSR count). The summed E-state index contributed by atoms with van der Waals surface area (Å²) < 4.78 is 5.37. The molecule has 2 aromatic rings. The van der Waals surface area contributed by atoms with Crippen molar-refractivity contribution in [1.82, 2.24) is 5.32 Å². The van der Waals surface area contributed by atoms with Crippen LogP contribution < -0.4 is 15.0 Å². The van der Waals surface area contributed by atoms with Crippen molar-refractivity contribution in [2.75, 3.05) is 25.6 Å². The summed E-state index contributed by atoms with van der Waals surface area (Å²) in [6, 6.07) is 16.7. The van der Waals surface area contributed by atoms with E-state index in [0.29, 0.717) is 12.5 Å². The summed E-state index contributed by atoms with van der Waals surface area (Å²) in [5.41, 5.74) is 3.48. The normalized spacial score (nSPS) is 18.0. The Morgan fingerprint density at radius 3 is 2.72 bits per heavy atom. The first-order chi connectivity index (χ1) is 12.1. The van der Waals surface area contributed by atoms with Gasteiger partial charge in [-0.15, -0.1) is 0 Å². The van der Waals surface area contributed by atoms with Gasteiger partial charge in [-0.3, -0.25) is 4.79 Å². The average molecular weight is 338 g/mol. The van der Waals surface area contributed by atoms with Crippen molar-refractivity contribution in [3.63, 3.8) is 0 Å². The maximum atomic E-state index is 12.3. The van der Waals surface area contributed by atoms with Gasteiger partial charge in [0.05, 0.1) is 7.11 Å². The highest BCUT2D eigenvalue weighted by atomic mass is 16.5. The van der Waals surface area contributed by atoms with E-state index in [9.17, 15) is 4.79 Å². The molecule has 0 saturated carbocycles. The lowest BCUT2D eigenvalue weighted by Crippen LogP contribution is -2.34. The second-order valence-corrected chi connectivity index (χ2v) is 6.65. The molecule has 0 bridgehead atoms. The third-order valence-corrected chi connectivity index (χ3v) is 5.07. The van der Waals surface area contributed by atoms with Crippen LogP contribution in [0, 0.1) is 0 Å². The summed E-state index contributed by atoms with van der Waals surface area (Å²) in [4.78, 5) is 14.1. The van der Waals surface area contributed by atoms with Crippen LogP contribution in [0.4, 0.5) is 5.69 Å². The minimum atomic E-state index is 0.179. The van der Waals surface area contributed by atoms with Crippen LogP contribution in [0.3, 0.4) is 0 Å². The molecule has 2 aromatic carbocycles. The molecule has 0 spiro atoms. The summed E-state index contributed by atoms with van der Waals surface area (Å²) in [7, 11) is 3.52. The van der Waals surface area contributed by atoms with Gasteiger partial charge in [0, 0.05) is 25.2 Å². The molecule has 1 aliphatic rings. The van der Waals surface area contributed by atoms with Crippen molar-refractivity contribution in [2.45, 2.75) is 31.7 Å². The van der Waals surface area contributed by atoms with Crippen LogP contribution >= 0.6 is 0 Å². The molecular formula is C21H26N2O2. The standard InChI is InChI=1S/C21H26N2O2/c1-15(16-7-5-4-6-8-16)22-12-11-17-13-21(24)23(2)20-10-9-18(25-3)14-19(17)20/h4-10,14-15,17,22H,11-13H2,1-3H3. The predicted molar refractivity (Wildman–Crippen MR) is 101 cm³/mol. The van der Waals surface area contributed by atoms with Crippen LogP contribution in [0.5, 0.6) is 5.75 Å². The number of carbonyl (C=O) groups is 1. The van der Waals surface area contributed by atoms with Crippen molar-refractivity contribution >= 4 is 11.6 Å². The van der Waals surface area contributed by atoms with E-state index in [0.717, 1.165) is 24.4 Å². The van der Waals surface area contributed by atoms with Crippen LogP contribution in [0.15, 0.2) is 48.5 Å². The first kappa shape index (κ1) is 17.5. The van der Waals surface area contributed by atoms with Crippen molar-refractivity contribution in [1.29, 1.82) is 0 Å². The predicted octanol–water partition coefficient (Wildman–Crippen LogP) is 3.89. The monoisotopic (exact) mass is 338 g/mol. The number of rotatable bonds is 6. The number of ether oxygens (including phenoxy) is 1. The van der Waals surface area contributed by atoms with E-state index < -0.39 is 0 Å². The Hall–Kier alpha value is -2.33. The van der Waals surface area contributed by atoms with Gasteiger partial charge in [0.2, 0.25) is 5.91 Å². The zero-order valence-corrected chi connectivity index (χ0v) is 15.2. The van der Waals surface area contributed by atoms with E-state index in [1.807, 2.05) is 25.2 Å². The SMILES string of the molecule is COc1ccc2c(c1)C(CCNC(C)c1ccccc1)CC(=O)N2C. The van der Waals surface area contributed by atoms with Crippen LogP contribution in [-0.2, 0) is 4.79 Å². The van der Waals surface area contributed by atoms with Crippen molar-refractivity contribution in [3.8, 4) is 5.75 Å². The van der Waals surface area contributed by atoms with E-state index in [4.69, 9.17) is 4.74 Å². The zero-order valence-electron chi connectivity index (χ0n) is 15.2. The second kappa shape index (κ2) is 7.70. The Balaban J connectivity index is 1.68. The van der Waals surface area contributed by atoms with E-state index in [2.05, 4.69) is 42.6 Å². The molecule has 0 fully saturated rings. The number of nitrogens with one attached hydrogen (secondary N) is 1. The highest BCUT2D eigenvalue weighted by Gasteiger charge is 2.29. The third kappa shape index (κ3) is 3.85. The van der Waals surface area contributed by atoms with Crippen LogP contribution in [0.25, 0.3) is 0 Å². The lowest BCUT2D eigenvalue weighted by atomic mass is 9.87. The fourth-order valence-corrected chi connectivity index (χ4v) is 3.48. The Morgan fingerprint density at radius 2 is 2.00 bits per heavy atom. The van der Waals surface area contributed by atoms with E-state index in [-0.39, 0.29) is 11.8 Å². The van der Waals surface area contributed by atoms with Crippen LogP contribution in [-0.4, -0.2) is 26.6 Å². The topological polar surface area (TPSA) is 41.6 Å². The molecule has 1 amide bonds. The summed E-state index contributed by atoms with van der Waals surface area (Å²) >= 11 is 0. The van der Waals surface area contributed by atoms with Gasteiger partial charge in [0.15, 0.2) is 0 Å². The first-order valence-corrected chi connectivity index (χ1v) is 8.83. The fourth-order valence-electron chi connectivity index (χ4n) is 3.48. The number of benzene rings is 2. The van der Waals surface area contributed by atoms with Gasteiger partial charge < -0.3 is 15.0 Å². The quantitative estimate of drug-likeness (QED) is 0.869. The third-order valence-electron chi connectivity index (χ3n) is 5.07. The maximum absolute atomic E-state index is 12.3. The van der Waals surface area contributed by atoms with Gasteiger partial charge in [-0.05, 0) is 55.1 Å². The Labute approximate surface area is 149 Å². The molecule has 132 valence electrons. The number of amides is 1. The molecule has 0 radical (unpaired) electrons.